The smallest absolute Gasteiger partial charge is 0.233 e. The van der Waals surface area contributed by atoms with E-state index in [0.717, 1.165) is 13.0 Å². The van der Waals surface area contributed by atoms with Crippen LogP contribution in [0, 0.1) is 0 Å². The molecular formula is C15H24N2O. The molecule has 3 heteroatoms. The van der Waals surface area contributed by atoms with Gasteiger partial charge in [0, 0.05) is 12.6 Å². The van der Waals surface area contributed by atoms with Gasteiger partial charge in [0.25, 0.3) is 0 Å². The van der Waals surface area contributed by atoms with Crippen LogP contribution in [0.2, 0.25) is 0 Å². The van der Waals surface area contributed by atoms with E-state index in [4.69, 9.17) is 0 Å². The van der Waals surface area contributed by atoms with Crippen molar-refractivity contribution in [2.75, 3.05) is 13.1 Å². The van der Waals surface area contributed by atoms with E-state index in [1.165, 1.54) is 5.56 Å². The Labute approximate surface area is 110 Å². The fourth-order valence-electron chi connectivity index (χ4n) is 1.74. The van der Waals surface area contributed by atoms with Gasteiger partial charge < -0.3 is 10.6 Å². The minimum Gasteiger partial charge on any atom is -0.355 e. The van der Waals surface area contributed by atoms with Crippen LogP contribution in [-0.2, 0) is 4.79 Å². The van der Waals surface area contributed by atoms with Gasteiger partial charge in [-0.05, 0) is 17.9 Å². The third-order valence-electron chi connectivity index (χ3n) is 2.94. The zero-order valence-electron chi connectivity index (χ0n) is 11.6. The van der Waals surface area contributed by atoms with Crippen LogP contribution in [-0.4, -0.2) is 25.0 Å². The van der Waals surface area contributed by atoms with E-state index in [1.54, 1.807) is 0 Å². The quantitative estimate of drug-likeness (QED) is 0.777. The van der Waals surface area contributed by atoms with E-state index in [2.05, 4.69) is 41.8 Å². The summed E-state index contributed by atoms with van der Waals surface area (Å²) in [6.45, 7) is 7.38. The number of carbonyl (C=O) groups is 1. The molecule has 2 N–H and O–H groups in total. The van der Waals surface area contributed by atoms with Gasteiger partial charge in [0.15, 0.2) is 0 Å². The number of carbonyl (C=O) groups excluding carboxylic acids is 1. The maximum Gasteiger partial charge on any atom is 0.233 e. The maximum atomic E-state index is 11.5. The lowest BCUT2D eigenvalue weighted by atomic mass is 9.98. The second-order valence-corrected chi connectivity index (χ2v) is 4.99. The number of hydrogen-bond acceptors (Lipinski definition) is 2. The first-order valence-electron chi connectivity index (χ1n) is 6.64. The van der Waals surface area contributed by atoms with Gasteiger partial charge in [-0.25, -0.2) is 0 Å². The van der Waals surface area contributed by atoms with Crippen LogP contribution in [0.25, 0.3) is 0 Å². The van der Waals surface area contributed by atoms with Gasteiger partial charge in [-0.15, -0.1) is 0 Å². The fraction of sp³-hybridized carbons (Fsp3) is 0.533. The minimum atomic E-state index is 0.0731. The molecule has 0 aliphatic rings. The summed E-state index contributed by atoms with van der Waals surface area (Å²) in [4.78, 5) is 11.5. The summed E-state index contributed by atoms with van der Waals surface area (Å²) < 4.78 is 0. The van der Waals surface area contributed by atoms with Crippen molar-refractivity contribution < 1.29 is 4.79 Å². The Morgan fingerprint density at radius 3 is 2.44 bits per heavy atom. The van der Waals surface area contributed by atoms with E-state index in [1.807, 2.05) is 19.9 Å². The molecular weight excluding hydrogens is 224 g/mol. The van der Waals surface area contributed by atoms with Crippen LogP contribution in [0.15, 0.2) is 30.3 Å². The Kier molecular flexibility index (Phi) is 6.44. The average molecular weight is 248 g/mol. The summed E-state index contributed by atoms with van der Waals surface area (Å²) in [6.07, 6.45) is 0.970. The highest BCUT2D eigenvalue weighted by atomic mass is 16.1. The molecule has 0 aromatic heterocycles. The predicted molar refractivity (Wildman–Crippen MR) is 75.6 cm³/mol. The molecule has 0 spiro atoms. The zero-order valence-corrected chi connectivity index (χ0v) is 11.6. The van der Waals surface area contributed by atoms with Crippen LogP contribution in [0.5, 0.6) is 0 Å². The Balaban J connectivity index is 2.19. The van der Waals surface area contributed by atoms with E-state index >= 15 is 0 Å². The minimum absolute atomic E-state index is 0.0731. The van der Waals surface area contributed by atoms with E-state index < -0.39 is 0 Å². The summed E-state index contributed by atoms with van der Waals surface area (Å²) in [7, 11) is 0. The summed E-state index contributed by atoms with van der Waals surface area (Å²) in [5.74, 6) is 0.550. The highest BCUT2D eigenvalue weighted by molar-refractivity contribution is 5.77. The molecule has 1 unspecified atom stereocenters. The Morgan fingerprint density at radius 2 is 1.83 bits per heavy atom. The summed E-state index contributed by atoms with van der Waals surface area (Å²) in [6, 6.07) is 10.7. The van der Waals surface area contributed by atoms with Gasteiger partial charge in [0.05, 0.1) is 6.54 Å². The second kappa shape index (κ2) is 7.88. The molecule has 0 aliphatic carbocycles. The molecule has 1 aromatic rings. The van der Waals surface area contributed by atoms with Crippen molar-refractivity contribution in [2.24, 2.45) is 0 Å². The van der Waals surface area contributed by atoms with Crippen molar-refractivity contribution in [3.63, 3.8) is 0 Å². The molecule has 1 amide bonds. The Morgan fingerprint density at radius 1 is 1.17 bits per heavy atom. The molecule has 3 nitrogen and oxygen atoms in total. The molecule has 0 radical (unpaired) electrons. The monoisotopic (exact) mass is 248 g/mol. The molecule has 100 valence electrons. The molecule has 1 rings (SSSR count). The van der Waals surface area contributed by atoms with Crippen molar-refractivity contribution in [1.82, 2.24) is 10.6 Å². The highest BCUT2D eigenvalue weighted by Gasteiger charge is 2.06. The lowest BCUT2D eigenvalue weighted by Gasteiger charge is -2.13. The molecule has 0 saturated heterocycles. The maximum absolute atomic E-state index is 11.5. The van der Waals surface area contributed by atoms with Crippen LogP contribution in [0.1, 0.15) is 38.7 Å². The Hall–Kier alpha value is -1.35. The summed E-state index contributed by atoms with van der Waals surface area (Å²) >= 11 is 0. The van der Waals surface area contributed by atoms with Gasteiger partial charge in [0.1, 0.15) is 0 Å². The zero-order chi connectivity index (χ0) is 13.4. The van der Waals surface area contributed by atoms with Gasteiger partial charge in [-0.3, -0.25) is 4.79 Å². The number of nitrogens with one attached hydrogen (secondary N) is 2. The van der Waals surface area contributed by atoms with E-state index in [-0.39, 0.29) is 5.91 Å². The molecule has 0 aliphatic heterocycles. The normalized spacial score (nSPS) is 12.4. The van der Waals surface area contributed by atoms with Gasteiger partial charge >= 0.3 is 0 Å². The molecule has 0 bridgehead atoms. The van der Waals surface area contributed by atoms with Crippen LogP contribution in [0.4, 0.5) is 0 Å². The van der Waals surface area contributed by atoms with E-state index in [9.17, 15) is 4.79 Å². The Bertz CT molecular complexity index is 349. The second-order valence-electron chi connectivity index (χ2n) is 4.99. The molecule has 1 aromatic carbocycles. The average Bonchev–Trinajstić information content (AvgIpc) is 2.37. The summed E-state index contributed by atoms with van der Waals surface area (Å²) in [5, 5.41) is 6.04. The largest absolute Gasteiger partial charge is 0.355 e. The van der Waals surface area contributed by atoms with Crippen LogP contribution in [0.3, 0.4) is 0 Å². The fourth-order valence-corrected chi connectivity index (χ4v) is 1.74. The first-order valence-corrected chi connectivity index (χ1v) is 6.64. The standard InChI is InChI=1S/C15H24N2O/c1-12(2)17-11-15(18)16-10-9-13(3)14-7-5-4-6-8-14/h4-8,12-13,17H,9-11H2,1-3H3,(H,16,18). The number of hydrogen-bond donors (Lipinski definition) is 2. The number of rotatable bonds is 7. The topological polar surface area (TPSA) is 41.1 Å². The molecule has 1 atom stereocenters. The lowest BCUT2D eigenvalue weighted by Crippen LogP contribution is -2.37. The van der Waals surface area contributed by atoms with Crippen molar-refractivity contribution in [1.29, 1.82) is 0 Å². The SMILES string of the molecule is CC(C)NCC(=O)NCCC(C)c1ccccc1. The van der Waals surface area contributed by atoms with Crippen molar-refractivity contribution in [2.45, 2.75) is 39.2 Å². The van der Waals surface area contributed by atoms with Crippen molar-refractivity contribution in [3.05, 3.63) is 35.9 Å². The number of amides is 1. The predicted octanol–water partition coefficient (Wildman–Crippen LogP) is 2.29. The van der Waals surface area contributed by atoms with Crippen molar-refractivity contribution >= 4 is 5.91 Å². The molecule has 0 fully saturated rings. The number of benzene rings is 1. The van der Waals surface area contributed by atoms with Crippen LogP contribution < -0.4 is 10.6 Å². The van der Waals surface area contributed by atoms with E-state index in [0.29, 0.717) is 18.5 Å². The van der Waals surface area contributed by atoms with Crippen LogP contribution >= 0.6 is 0 Å². The van der Waals surface area contributed by atoms with Crippen molar-refractivity contribution in [3.8, 4) is 0 Å². The van der Waals surface area contributed by atoms with Gasteiger partial charge in [0.2, 0.25) is 5.91 Å². The molecule has 0 saturated carbocycles. The summed E-state index contributed by atoms with van der Waals surface area (Å²) in [5.41, 5.74) is 1.33. The van der Waals surface area contributed by atoms with Gasteiger partial charge in [-0.1, -0.05) is 51.1 Å². The third kappa shape index (κ3) is 5.82. The molecule has 0 heterocycles. The molecule has 18 heavy (non-hydrogen) atoms. The first-order chi connectivity index (χ1) is 8.59. The lowest BCUT2D eigenvalue weighted by molar-refractivity contribution is -0.120. The first kappa shape index (κ1) is 14.7. The highest BCUT2D eigenvalue weighted by Crippen LogP contribution is 2.17. The van der Waals surface area contributed by atoms with Gasteiger partial charge in [-0.2, -0.15) is 0 Å². The third-order valence-corrected chi connectivity index (χ3v) is 2.94.